The Morgan fingerprint density at radius 3 is 1.28 bits per heavy atom. The van der Waals surface area contributed by atoms with Gasteiger partial charge < -0.3 is 54.7 Å². The Morgan fingerprint density at radius 1 is 0.778 bits per heavy atom. The van der Waals surface area contributed by atoms with Gasteiger partial charge in [0.2, 0.25) is 0 Å². The molecule has 0 amide bonds. The fourth-order valence-corrected chi connectivity index (χ4v) is 1.51. The summed E-state index contributed by atoms with van der Waals surface area (Å²) in [6.45, 7) is 8.39. The van der Waals surface area contributed by atoms with Gasteiger partial charge in [-0.25, -0.2) is 0 Å². The fraction of sp³-hybridized carbons (Fsp3) is 0.500. The van der Waals surface area contributed by atoms with Gasteiger partial charge in [0.25, 0.3) is 0 Å². The first-order chi connectivity index (χ1) is 6.04. The van der Waals surface area contributed by atoms with Crippen LogP contribution in [-0.4, -0.2) is 5.11 Å². The zero-order valence-corrected chi connectivity index (χ0v) is 15.4. The summed E-state index contributed by atoms with van der Waals surface area (Å²) in [7, 11) is 0. The normalized spacial score (nSPS) is 8.11. The van der Waals surface area contributed by atoms with E-state index in [-0.39, 0.29) is 71.3 Å². The Morgan fingerprint density at radius 2 is 1.06 bits per heavy atom. The number of phenols is 1. The van der Waals surface area contributed by atoms with Gasteiger partial charge in [0.05, 0.1) is 0 Å². The van der Waals surface area contributed by atoms with Gasteiger partial charge in [-0.05, 0) is 23.0 Å². The topological polar surface area (TPSA) is 20.2 Å². The van der Waals surface area contributed by atoms with E-state index < -0.39 is 0 Å². The third-order valence-electron chi connectivity index (χ3n) is 2.34. The van der Waals surface area contributed by atoms with Crippen LogP contribution in [0.4, 0.5) is 0 Å². The maximum Gasteiger partial charge on any atom is 4.00 e. The second kappa shape index (κ2) is 14.3. The van der Waals surface area contributed by atoms with Crippen molar-refractivity contribution in [1.82, 2.24) is 0 Å². The summed E-state index contributed by atoms with van der Waals surface area (Å²) in [5, 5.41) is 9.93. The molecule has 0 unspecified atom stereocenters. The number of hydrogen-bond acceptors (Lipinski definition) is 1. The number of halogens is 4. The zero-order chi connectivity index (χ0) is 10.0. The first kappa shape index (κ1) is 31.3. The molecule has 1 rings (SSSR count). The van der Waals surface area contributed by atoms with E-state index in [1.807, 2.05) is 18.2 Å². The van der Waals surface area contributed by atoms with Crippen molar-refractivity contribution in [3.05, 3.63) is 29.3 Å². The molecule has 0 radical (unpaired) electrons. The van der Waals surface area contributed by atoms with E-state index in [9.17, 15) is 5.11 Å². The summed E-state index contributed by atoms with van der Waals surface area (Å²) in [6.07, 6.45) is 0. The van der Waals surface area contributed by atoms with E-state index in [1.54, 1.807) is 0 Å². The molecule has 1 aromatic rings. The molecule has 0 aliphatic carbocycles. The molecule has 0 heterocycles. The molecule has 0 saturated carbocycles. The van der Waals surface area contributed by atoms with Gasteiger partial charge in [0.15, 0.2) is 0 Å². The van der Waals surface area contributed by atoms with Crippen LogP contribution in [0.1, 0.15) is 50.7 Å². The molecular weight excluding hydrogens is 350 g/mol. The van der Waals surface area contributed by atoms with Gasteiger partial charge in [0, 0.05) is 0 Å². The van der Waals surface area contributed by atoms with Crippen LogP contribution in [0, 0.1) is 0 Å². The smallest absolute Gasteiger partial charge is 1.00 e. The minimum Gasteiger partial charge on any atom is -1.00 e. The molecule has 1 N–H and O–H groups in total. The summed E-state index contributed by atoms with van der Waals surface area (Å²) in [4.78, 5) is 0. The summed E-state index contributed by atoms with van der Waals surface area (Å²) < 4.78 is 0. The molecule has 18 heavy (non-hydrogen) atoms. The number of aromatic hydroxyl groups is 1. The summed E-state index contributed by atoms with van der Waals surface area (Å²) >= 11 is 0. The molecule has 0 saturated heterocycles. The maximum atomic E-state index is 9.93. The number of hydrogen-bond donors (Lipinski definition) is 1. The fourth-order valence-electron chi connectivity index (χ4n) is 1.51. The minimum atomic E-state index is 0. The second-order valence-electron chi connectivity index (χ2n) is 4.09. The summed E-state index contributed by atoms with van der Waals surface area (Å²) in [5.74, 6) is 1.25. The molecule has 0 spiro atoms. The van der Waals surface area contributed by atoms with Gasteiger partial charge in [0.1, 0.15) is 5.75 Å². The third kappa shape index (κ3) is 8.14. The van der Waals surface area contributed by atoms with Crippen molar-refractivity contribution in [2.45, 2.75) is 39.5 Å². The number of phenolic OH excluding ortho intramolecular Hbond substituents is 1. The van der Waals surface area contributed by atoms with Crippen LogP contribution in [0.2, 0.25) is 0 Å². The van der Waals surface area contributed by atoms with E-state index in [2.05, 4.69) is 27.7 Å². The Kier molecular flexibility index (Phi) is 24.9. The van der Waals surface area contributed by atoms with Crippen LogP contribution >= 0.6 is 0 Å². The van der Waals surface area contributed by atoms with Gasteiger partial charge in [-0.15, -0.1) is 0 Å². The van der Waals surface area contributed by atoms with Crippen molar-refractivity contribution in [1.29, 1.82) is 0 Å². The molecule has 1 nitrogen and oxygen atoms in total. The van der Waals surface area contributed by atoms with Crippen LogP contribution in [0.3, 0.4) is 0 Å². The zero-order valence-electron chi connectivity index (χ0n) is 10.8. The molecule has 0 aliphatic heterocycles. The van der Waals surface area contributed by atoms with Crippen LogP contribution in [0.15, 0.2) is 18.2 Å². The molecule has 0 aliphatic rings. The van der Waals surface area contributed by atoms with Crippen molar-refractivity contribution >= 4 is 0 Å². The standard InChI is InChI=1S/C12H18O.4ClH.Ti/c1-8(2)10-6-5-7-11(9(3)4)12(10)13;;;;;/h5-9,13H,1-4H3;4*1H;/q;;;;;+4/p-4. The predicted molar refractivity (Wildman–Crippen MR) is 56.3 cm³/mol. The van der Waals surface area contributed by atoms with Crippen molar-refractivity contribution in [3.8, 4) is 5.75 Å². The SMILES string of the molecule is CC(C)c1cccc(C(C)C)c1O.[Cl-].[Cl-].[Cl-].[Cl-].[Ti+4]. The van der Waals surface area contributed by atoms with E-state index >= 15 is 0 Å². The van der Waals surface area contributed by atoms with Crippen molar-refractivity contribution in [3.63, 3.8) is 0 Å². The van der Waals surface area contributed by atoms with Crippen molar-refractivity contribution < 1.29 is 76.5 Å². The molecular formula is C12H18Cl4OTi. The van der Waals surface area contributed by atoms with E-state index in [0.717, 1.165) is 11.1 Å². The predicted octanol–water partition coefficient (Wildman–Crippen LogP) is -8.35. The summed E-state index contributed by atoms with van der Waals surface area (Å²) in [5.41, 5.74) is 2.09. The Labute approximate surface area is 150 Å². The Hall–Kier alpha value is 0.894. The van der Waals surface area contributed by atoms with E-state index in [0.29, 0.717) is 17.6 Å². The molecule has 6 heteroatoms. The first-order valence-electron chi connectivity index (χ1n) is 4.85. The van der Waals surface area contributed by atoms with Crippen LogP contribution in [-0.2, 0) is 21.7 Å². The largest absolute Gasteiger partial charge is 4.00 e. The Bertz CT molecular complexity index is 280. The molecule has 0 fully saturated rings. The molecule has 0 aromatic heterocycles. The van der Waals surface area contributed by atoms with E-state index in [1.165, 1.54) is 0 Å². The number of rotatable bonds is 2. The quantitative estimate of drug-likeness (QED) is 0.515. The third-order valence-corrected chi connectivity index (χ3v) is 2.34. The van der Waals surface area contributed by atoms with Crippen molar-refractivity contribution in [2.75, 3.05) is 0 Å². The van der Waals surface area contributed by atoms with Gasteiger partial charge in [-0.2, -0.15) is 0 Å². The monoisotopic (exact) mass is 366 g/mol. The maximum absolute atomic E-state index is 9.93. The molecule has 0 bridgehead atoms. The average molecular weight is 368 g/mol. The van der Waals surface area contributed by atoms with Gasteiger partial charge in [-0.1, -0.05) is 45.9 Å². The average Bonchev–Trinajstić information content (AvgIpc) is 2.03. The second-order valence-corrected chi connectivity index (χ2v) is 4.09. The Balaban J connectivity index is -0.000000113. The molecule has 104 valence electrons. The number of para-hydroxylation sites is 1. The van der Waals surface area contributed by atoms with Crippen LogP contribution < -0.4 is 49.6 Å². The van der Waals surface area contributed by atoms with E-state index in [4.69, 9.17) is 0 Å². The number of benzene rings is 1. The van der Waals surface area contributed by atoms with Crippen LogP contribution in [0.25, 0.3) is 0 Å². The minimum absolute atomic E-state index is 0. The van der Waals surface area contributed by atoms with Crippen LogP contribution in [0.5, 0.6) is 5.75 Å². The van der Waals surface area contributed by atoms with Gasteiger partial charge in [-0.3, -0.25) is 0 Å². The van der Waals surface area contributed by atoms with Gasteiger partial charge >= 0.3 is 21.7 Å². The molecule has 0 atom stereocenters. The summed E-state index contributed by atoms with van der Waals surface area (Å²) in [6, 6.07) is 6.00. The first-order valence-corrected chi connectivity index (χ1v) is 4.85. The van der Waals surface area contributed by atoms with Crippen molar-refractivity contribution in [2.24, 2.45) is 0 Å². The molecule has 1 aromatic carbocycles.